The Morgan fingerprint density at radius 1 is 1.60 bits per heavy atom. The average Bonchev–Trinajstić information content (AvgIpc) is 2.18. The Morgan fingerprint density at radius 3 is 2.80 bits per heavy atom. The van der Waals surface area contributed by atoms with Crippen molar-refractivity contribution in [1.82, 2.24) is 4.98 Å². The Labute approximate surface area is 89.3 Å². The molecule has 0 spiro atoms. The average molecular weight is 208 g/mol. The number of nitrogens with two attached hydrogens (primary N) is 1. The van der Waals surface area contributed by atoms with E-state index in [2.05, 4.69) is 10.3 Å². The van der Waals surface area contributed by atoms with Crippen LogP contribution in [0.1, 0.15) is 6.92 Å². The maximum Gasteiger partial charge on any atom is 0.241 e. The van der Waals surface area contributed by atoms with Crippen LogP contribution in [0.2, 0.25) is 0 Å². The normalized spacial score (nSPS) is 12.0. The summed E-state index contributed by atoms with van der Waals surface area (Å²) in [4.78, 5) is 17.4. The third-order valence-electron chi connectivity index (χ3n) is 1.88. The number of amides is 1. The quantitative estimate of drug-likeness (QED) is 0.755. The van der Waals surface area contributed by atoms with E-state index in [0.717, 1.165) is 0 Å². The van der Waals surface area contributed by atoms with Gasteiger partial charge in [0.1, 0.15) is 0 Å². The number of carbonyl (C=O) groups is 1. The minimum absolute atomic E-state index is 0.217. The van der Waals surface area contributed by atoms with Crippen molar-refractivity contribution in [2.75, 3.05) is 24.3 Å². The lowest BCUT2D eigenvalue weighted by molar-refractivity contribution is -0.117. The van der Waals surface area contributed by atoms with Gasteiger partial charge in [-0.3, -0.25) is 4.79 Å². The molecule has 0 aliphatic rings. The molecule has 1 aromatic heterocycles. The molecule has 1 aromatic rings. The van der Waals surface area contributed by atoms with Crippen LogP contribution < -0.4 is 16.0 Å². The van der Waals surface area contributed by atoms with Crippen LogP contribution in [0, 0.1) is 0 Å². The minimum Gasteiger partial charge on any atom is -0.361 e. The second-order valence-corrected chi connectivity index (χ2v) is 3.55. The van der Waals surface area contributed by atoms with Gasteiger partial charge in [0, 0.05) is 20.3 Å². The number of carbonyl (C=O) groups excluding carboxylic acids is 1. The number of hydrogen-bond donors (Lipinski definition) is 2. The highest BCUT2D eigenvalue weighted by atomic mass is 16.2. The highest BCUT2D eigenvalue weighted by Crippen LogP contribution is 2.20. The van der Waals surface area contributed by atoms with Crippen LogP contribution in [0.25, 0.3) is 0 Å². The molecule has 15 heavy (non-hydrogen) atoms. The summed E-state index contributed by atoms with van der Waals surface area (Å²) in [7, 11) is 3.73. The van der Waals surface area contributed by atoms with Crippen LogP contribution in [0.4, 0.5) is 11.5 Å². The first-order chi connectivity index (χ1) is 7.02. The van der Waals surface area contributed by atoms with Crippen LogP contribution in [0.3, 0.4) is 0 Å². The lowest BCUT2D eigenvalue weighted by Crippen LogP contribution is -2.33. The van der Waals surface area contributed by atoms with E-state index in [-0.39, 0.29) is 5.91 Å². The molecule has 0 aliphatic carbocycles. The minimum atomic E-state index is -0.528. The van der Waals surface area contributed by atoms with E-state index in [1.165, 1.54) is 0 Å². The Morgan fingerprint density at radius 2 is 2.27 bits per heavy atom. The van der Waals surface area contributed by atoms with Gasteiger partial charge < -0.3 is 16.0 Å². The number of pyridine rings is 1. The largest absolute Gasteiger partial charge is 0.361 e. The van der Waals surface area contributed by atoms with Crippen molar-refractivity contribution in [2.45, 2.75) is 13.0 Å². The molecule has 0 bridgehead atoms. The summed E-state index contributed by atoms with van der Waals surface area (Å²) in [6.45, 7) is 1.64. The summed E-state index contributed by atoms with van der Waals surface area (Å²) < 4.78 is 0. The predicted molar refractivity (Wildman–Crippen MR) is 60.8 cm³/mol. The predicted octanol–water partition coefficient (Wildman–Crippen LogP) is 0.433. The van der Waals surface area contributed by atoms with Gasteiger partial charge in [0.25, 0.3) is 0 Å². The molecule has 0 saturated carbocycles. The Hall–Kier alpha value is -1.62. The summed E-state index contributed by atoms with van der Waals surface area (Å²) in [5.74, 6) is 0.498. The highest BCUT2D eigenvalue weighted by Gasteiger charge is 2.11. The van der Waals surface area contributed by atoms with Gasteiger partial charge in [0.15, 0.2) is 5.82 Å². The number of nitrogens with one attached hydrogen (secondary N) is 1. The van der Waals surface area contributed by atoms with E-state index in [1.54, 1.807) is 25.3 Å². The zero-order valence-electron chi connectivity index (χ0n) is 9.19. The first kappa shape index (κ1) is 11.5. The molecule has 3 N–H and O–H groups in total. The lowest BCUT2D eigenvalue weighted by atomic mass is 10.3. The second kappa shape index (κ2) is 4.75. The zero-order valence-corrected chi connectivity index (χ0v) is 9.19. The summed E-state index contributed by atoms with van der Waals surface area (Å²) in [6, 6.07) is 3.03. The van der Waals surface area contributed by atoms with E-state index >= 15 is 0 Å². The van der Waals surface area contributed by atoms with Crippen molar-refractivity contribution in [1.29, 1.82) is 0 Å². The number of nitrogens with zero attached hydrogens (tertiary/aromatic N) is 2. The number of aromatic nitrogens is 1. The standard InChI is InChI=1S/C10H16N4O/c1-7(11)10(15)13-8-5-4-6-12-9(8)14(2)3/h4-7H,11H2,1-3H3,(H,13,15). The Bertz CT molecular complexity index is 349. The molecule has 1 atom stereocenters. The number of anilines is 2. The molecule has 1 heterocycles. The molecule has 0 radical (unpaired) electrons. The van der Waals surface area contributed by atoms with Gasteiger partial charge in [-0.2, -0.15) is 0 Å². The van der Waals surface area contributed by atoms with Gasteiger partial charge in [-0.1, -0.05) is 0 Å². The third-order valence-corrected chi connectivity index (χ3v) is 1.88. The molecule has 1 amide bonds. The third kappa shape index (κ3) is 2.92. The molecular formula is C10H16N4O. The van der Waals surface area contributed by atoms with Crippen molar-refractivity contribution in [2.24, 2.45) is 5.73 Å². The van der Waals surface area contributed by atoms with Gasteiger partial charge in [-0.15, -0.1) is 0 Å². The maximum atomic E-state index is 11.4. The fourth-order valence-corrected chi connectivity index (χ4v) is 1.10. The first-order valence-corrected chi connectivity index (χ1v) is 4.71. The number of rotatable bonds is 3. The van der Waals surface area contributed by atoms with Gasteiger partial charge in [0.05, 0.1) is 11.7 Å². The smallest absolute Gasteiger partial charge is 0.241 e. The first-order valence-electron chi connectivity index (χ1n) is 4.71. The number of hydrogen-bond acceptors (Lipinski definition) is 4. The second-order valence-electron chi connectivity index (χ2n) is 3.55. The fraction of sp³-hybridized carbons (Fsp3) is 0.400. The highest BCUT2D eigenvalue weighted by molar-refractivity contribution is 5.96. The summed E-state index contributed by atoms with van der Waals surface area (Å²) >= 11 is 0. The molecule has 0 aromatic carbocycles. The SMILES string of the molecule is CC(N)C(=O)Nc1cccnc1N(C)C. The maximum absolute atomic E-state index is 11.4. The van der Waals surface area contributed by atoms with Crippen molar-refractivity contribution < 1.29 is 4.79 Å². The molecular weight excluding hydrogens is 192 g/mol. The molecule has 1 unspecified atom stereocenters. The van der Waals surface area contributed by atoms with Gasteiger partial charge in [-0.05, 0) is 19.1 Å². The zero-order chi connectivity index (χ0) is 11.4. The molecule has 0 aliphatic heterocycles. The van der Waals surface area contributed by atoms with Crippen molar-refractivity contribution in [3.63, 3.8) is 0 Å². The van der Waals surface area contributed by atoms with Crippen LogP contribution in [0.5, 0.6) is 0 Å². The molecule has 5 nitrogen and oxygen atoms in total. The van der Waals surface area contributed by atoms with Gasteiger partial charge >= 0.3 is 0 Å². The van der Waals surface area contributed by atoms with Gasteiger partial charge in [-0.25, -0.2) is 4.98 Å². The van der Waals surface area contributed by atoms with E-state index in [4.69, 9.17) is 5.73 Å². The summed E-state index contributed by atoms with van der Waals surface area (Å²) in [6.07, 6.45) is 1.68. The monoisotopic (exact) mass is 208 g/mol. The lowest BCUT2D eigenvalue weighted by Gasteiger charge is -2.16. The van der Waals surface area contributed by atoms with Crippen LogP contribution in [0.15, 0.2) is 18.3 Å². The molecule has 0 fully saturated rings. The molecule has 5 heteroatoms. The van der Waals surface area contributed by atoms with E-state index in [1.807, 2.05) is 19.0 Å². The Balaban J connectivity index is 2.89. The van der Waals surface area contributed by atoms with Crippen LogP contribution in [-0.4, -0.2) is 31.0 Å². The van der Waals surface area contributed by atoms with E-state index in [9.17, 15) is 4.79 Å². The Kier molecular flexibility index (Phi) is 3.62. The molecule has 82 valence electrons. The van der Waals surface area contributed by atoms with Crippen LogP contribution in [-0.2, 0) is 4.79 Å². The van der Waals surface area contributed by atoms with Gasteiger partial charge in [0.2, 0.25) is 5.91 Å². The molecule has 0 saturated heterocycles. The van der Waals surface area contributed by atoms with Crippen molar-refractivity contribution in [3.8, 4) is 0 Å². The van der Waals surface area contributed by atoms with E-state index in [0.29, 0.717) is 11.5 Å². The van der Waals surface area contributed by atoms with Crippen molar-refractivity contribution in [3.05, 3.63) is 18.3 Å². The van der Waals surface area contributed by atoms with Crippen LogP contribution >= 0.6 is 0 Å². The topological polar surface area (TPSA) is 71.2 Å². The summed E-state index contributed by atoms with van der Waals surface area (Å²) in [5.41, 5.74) is 6.14. The van der Waals surface area contributed by atoms with Crippen molar-refractivity contribution >= 4 is 17.4 Å². The molecule has 1 rings (SSSR count). The fourth-order valence-electron chi connectivity index (χ4n) is 1.10. The van der Waals surface area contributed by atoms with E-state index < -0.39 is 6.04 Å². The summed E-state index contributed by atoms with van der Waals surface area (Å²) in [5, 5.41) is 2.72.